The van der Waals surface area contributed by atoms with Gasteiger partial charge >= 0.3 is 0 Å². The van der Waals surface area contributed by atoms with Gasteiger partial charge in [0.1, 0.15) is 5.76 Å². The summed E-state index contributed by atoms with van der Waals surface area (Å²) in [5.74, 6) is -1.57. The van der Waals surface area contributed by atoms with Crippen LogP contribution in [0.25, 0.3) is 5.76 Å². The molecule has 2 N–H and O–H groups in total. The second-order valence-electron chi connectivity index (χ2n) is 7.25. The van der Waals surface area contributed by atoms with Crippen molar-refractivity contribution in [3.8, 4) is 11.5 Å². The smallest absolute Gasteiger partial charge is 0.295 e. The molecule has 0 unspecified atom stereocenters. The molecule has 0 bridgehead atoms. The molecule has 0 aliphatic carbocycles. The minimum Gasteiger partial charge on any atom is -0.507 e. The SMILES string of the molecule is COc1ccc([C@@H]2C(=C(O)c3cccc([N+](=O)[O-])c3)C(=O)C(=O)N2CCOCCO)cc1OC. The molecule has 11 heteroatoms. The van der Waals surface area contributed by atoms with Gasteiger partial charge in [-0.2, -0.15) is 0 Å². The lowest BCUT2D eigenvalue weighted by molar-refractivity contribution is -0.384. The van der Waals surface area contributed by atoms with E-state index in [9.17, 15) is 24.8 Å². The molecule has 1 heterocycles. The van der Waals surface area contributed by atoms with Gasteiger partial charge in [0.05, 0.1) is 50.6 Å². The first-order chi connectivity index (χ1) is 16.3. The van der Waals surface area contributed by atoms with E-state index in [2.05, 4.69) is 0 Å². The maximum atomic E-state index is 13.0. The number of methoxy groups -OCH3 is 2. The number of nitro benzene ring substituents is 1. The monoisotopic (exact) mass is 472 g/mol. The van der Waals surface area contributed by atoms with Crippen LogP contribution < -0.4 is 9.47 Å². The minimum atomic E-state index is -1.02. The summed E-state index contributed by atoms with van der Waals surface area (Å²) in [6.45, 7) is -0.118. The average molecular weight is 472 g/mol. The van der Waals surface area contributed by atoms with Gasteiger partial charge in [0, 0.05) is 24.2 Å². The number of aliphatic hydroxyl groups excluding tert-OH is 2. The van der Waals surface area contributed by atoms with Crippen LogP contribution in [0.2, 0.25) is 0 Å². The van der Waals surface area contributed by atoms with E-state index >= 15 is 0 Å². The van der Waals surface area contributed by atoms with Crippen LogP contribution in [0.3, 0.4) is 0 Å². The summed E-state index contributed by atoms with van der Waals surface area (Å²) in [5.41, 5.74) is -0.0292. The van der Waals surface area contributed by atoms with Gasteiger partial charge in [-0.15, -0.1) is 0 Å². The van der Waals surface area contributed by atoms with Crippen LogP contribution in [0.5, 0.6) is 11.5 Å². The molecule has 1 amide bonds. The molecule has 0 spiro atoms. The van der Waals surface area contributed by atoms with Gasteiger partial charge in [0.25, 0.3) is 17.4 Å². The normalized spacial score (nSPS) is 17.1. The predicted molar refractivity (Wildman–Crippen MR) is 120 cm³/mol. The molecular weight excluding hydrogens is 448 g/mol. The Labute approximate surface area is 194 Å². The summed E-state index contributed by atoms with van der Waals surface area (Å²) in [4.78, 5) is 37.7. The zero-order chi connectivity index (χ0) is 24.8. The number of carbonyl (C=O) groups excluding carboxylic acids is 2. The molecule has 1 aliphatic heterocycles. The van der Waals surface area contributed by atoms with Crippen molar-refractivity contribution in [3.63, 3.8) is 0 Å². The topological polar surface area (TPSA) is 149 Å². The van der Waals surface area contributed by atoms with Gasteiger partial charge in [0.2, 0.25) is 0 Å². The molecule has 34 heavy (non-hydrogen) atoms. The van der Waals surface area contributed by atoms with E-state index < -0.39 is 28.4 Å². The lowest BCUT2D eigenvalue weighted by Crippen LogP contribution is -2.33. The zero-order valence-corrected chi connectivity index (χ0v) is 18.6. The van der Waals surface area contributed by atoms with Gasteiger partial charge < -0.3 is 29.3 Å². The van der Waals surface area contributed by atoms with Crippen molar-refractivity contribution in [1.82, 2.24) is 4.90 Å². The summed E-state index contributed by atoms with van der Waals surface area (Å²) in [6, 6.07) is 8.94. The number of non-ortho nitro benzene ring substituents is 1. The highest BCUT2D eigenvalue weighted by Gasteiger charge is 2.46. The zero-order valence-electron chi connectivity index (χ0n) is 18.6. The van der Waals surface area contributed by atoms with E-state index in [1.165, 1.54) is 37.3 Å². The Hall–Kier alpha value is -3.96. The summed E-state index contributed by atoms with van der Waals surface area (Å²) < 4.78 is 15.9. The Balaban J connectivity index is 2.15. The predicted octanol–water partition coefficient (Wildman–Crippen LogP) is 2.04. The van der Waals surface area contributed by atoms with Crippen molar-refractivity contribution in [2.45, 2.75) is 6.04 Å². The van der Waals surface area contributed by atoms with Crippen LogP contribution in [0.4, 0.5) is 5.69 Å². The number of hydrogen-bond donors (Lipinski definition) is 2. The van der Waals surface area contributed by atoms with E-state index in [-0.39, 0.29) is 43.2 Å². The summed E-state index contributed by atoms with van der Waals surface area (Å²) >= 11 is 0. The van der Waals surface area contributed by atoms with Crippen molar-refractivity contribution < 1.29 is 38.9 Å². The standard InChI is InChI=1S/C23H24N2O9/c1-32-17-7-6-14(13-18(17)33-2)20-19(21(27)15-4-3-5-16(12-15)25(30)31)22(28)23(29)24(20)8-10-34-11-9-26/h3-7,12-13,20,26-27H,8-11H2,1-2H3/t20-/m1/s1. The number of aliphatic hydroxyl groups is 2. The highest BCUT2D eigenvalue weighted by Crippen LogP contribution is 2.42. The molecular formula is C23H24N2O9. The van der Waals surface area contributed by atoms with Crippen molar-refractivity contribution in [2.75, 3.05) is 40.6 Å². The van der Waals surface area contributed by atoms with Crippen molar-refractivity contribution in [3.05, 3.63) is 69.3 Å². The number of amides is 1. The molecule has 2 aromatic rings. The Morgan fingerprint density at radius 1 is 1.09 bits per heavy atom. The number of nitrogens with zero attached hydrogens (tertiary/aromatic N) is 2. The van der Waals surface area contributed by atoms with E-state index in [1.807, 2.05) is 0 Å². The van der Waals surface area contributed by atoms with Gasteiger partial charge in [0.15, 0.2) is 11.5 Å². The van der Waals surface area contributed by atoms with E-state index in [0.29, 0.717) is 17.1 Å². The second kappa shape index (κ2) is 10.8. The first kappa shape index (κ1) is 24.7. The lowest BCUT2D eigenvalue weighted by Gasteiger charge is -2.26. The molecule has 1 saturated heterocycles. The van der Waals surface area contributed by atoms with Gasteiger partial charge in [-0.25, -0.2) is 0 Å². The molecule has 2 aromatic carbocycles. The number of rotatable bonds is 10. The van der Waals surface area contributed by atoms with E-state index in [4.69, 9.17) is 19.3 Å². The number of nitro groups is 1. The average Bonchev–Trinajstić information content (AvgIpc) is 3.10. The minimum absolute atomic E-state index is 0.00466. The fraction of sp³-hybridized carbons (Fsp3) is 0.304. The first-order valence-corrected chi connectivity index (χ1v) is 10.3. The first-order valence-electron chi connectivity index (χ1n) is 10.3. The van der Waals surface area contributed by atoms with Gasteiger partial charge in [-0.1, -0.05) is 18.2 Å². The van der Waals surface area contributed by atoms with Crippen molar-refractivity contribution >= 4 is 23.1 Å². The van der Waals surface area contributed by atoms with Crippen LogP contribution in [0.1, 0.15) is 17.2 Å². The van der Waals surface area contributed by atoms with Crippen LogP contribution in [0.15, 0.2) is 48.0 Å². The third kappa shape index (κ3) is 4.85. The number of benzene rings is 2. The summed E-state index contributed by atoms with van der Waals surface area (Å²) in [6.07, 6.45) is 0. The molecule has 1 aliphatic rings. The summed E-state index contributed by atoms with van der Waals surface area (Å²) in [5, 5.41) is 31.1. The number of ketones is 1. The number of likely N-dealkylation sites (tertiary alicyclic amines) is 1. The molecule has 3 rings (SSSR count). The molecule has 0 radical (unpaired) electrons. The van der Waals surface area contributed by atoms with Crippen molar-refractivity contribution in [1.29, 1.82) is 0 Å². The molecule has 180 valence electrons. The number of carbonyl (C=O) groups is 2. The molecule has 11 nitrogen and oxygen atoms in total. The van der Waals surface area contributed by atoms with Crippen LogP contribution in [0, 0.1) is 10.1 Å². The van der Waals surface area contributed by atoms with E-state index in [0.717, 1.165) is 6.07 Å². The number of Topliss-reactive ketones (excluding diaryl/α,β-unsaturated/α-hetero) is 1. The Morgan fingerprint density at radius 2 is 1.82 bits per heavy atom. The maximum absolute atomic E-state index is 13.0. The highest BCUT2D eigenvalue weighted by molar-refractivity contribution is 6.46. The molecule has 0 saturated carbocycles. The third-order valence-corrected chi connectivity index (χ3v) is 5.31. The Morgan fingerprint density at radius 3 is 2.47 bits per heavy atom. The lowest BCUT2D eigenvalue weighted by atomic mass is 9.95. The largest absolute Gasteiger partial charge is 0.507 e. The van der Waals surface area contributed by atoms with Crippen LogP contribution >= 0.6 is 0 Å². The van der Waals surface area contributed by atoms with Gasteiger partial charge in [-0.3, -0.25) is 19.7 Å². The molecule has 1 fully saturated rings. The fourth-order valence-electron chi connectivity index (χ4n) is 3.73. The third-order valence-electron chi connectivity index (χ3n) is 5.31. The van der Waals surface area contributed by atoms with Crippen LogP contribution in [-0.2, 0) is 14.3 Å². The van der Waals surface area contributed by atoms with Gasteiger partial charge in [-0.05, 0) is 17.7 Å². The maximum Gasteiger partial charge on any atom is 0.295 e. The molecule has 1 atom stereocenters. The Bertz CT molecular complexity index is 1130. The Kier molecular flexibility index (Phi) is 7.82. The number of hydrogen-bond acceptors (Lipinski definition) is 9. The number of ether oxygens (including phenoxy) is 3. The highest BCUT2D eigenvalue weighted by atomic mass is 16.6. The second-order valence-corrected chi connectivity index (χ2v) is 7.25. The quantitative estimate of drug-likeness (QED) is 0.132. The van der Waals surface area contributed by atoms with E-state index in [1.54, 1.807) is 18.2 Å². The molecule has 0 aromatic heterocycles. The van der Waals surface area contributed by atoms with Crippen LogP contribution in [-0.4, -0.2) is 72.3 Å². The summed E-state index contributed by atoms with van der Waals surface area (Å²) in [7, 11) is 2.90. The fourth-order valence-corrected chi connectivity index (χ4v) is 3.73. The van der Waals surface area contributed by atoms with Crippen molar-refractivity contribution in [2.24, 2.45) is 0 Å².